The lowest BCUT2D eigenvalue weighted by molar-refractivity contribution is 0.543. The fourth-order valence-electron chi connectivity index (χ4n) is 15.2. The summed E-state index contributed by atoms with van der Waals surface area (Å²) in [4.78, 5) is 23.5. The molecule has 6 heterocycles. The normalized spacial score (nSPS) is 18.6. The average molecular weight is 1670 g/mol. The quantitative estimate of drug-likeness (QED) is 0.170. The van der Waals surface area contributed by atoms with Crippen LogP contribution in [0.4, 0.5) is 28.2 Å². The van der Waals surface area contributed by atoms with Gasteiger partial charge in [0.05, 0.1) is 47.3 Å². The number of rotatable bonds is 0. The number of nitrogens with zero attached hydrogens (tertiary/aromatic N) is 6. The number of allylic oxidation sites excluding steroid dienone is 32. The SMILES string of the molecule is CC.CC.CC.CC.CC.CC.CC(C)=C1SC2=C(C3=C(C=CC3)C2)N1C.CC(C)=C1SC2=C(C3=C(C=CC3)C2)N1C.CC(C)=C1SC2=C(C3=CCC=C3C2)N1C.CC(C)=C1SC2=C(CC3=C2C=CC3)N1C.CC(C)=C1SC2=C(CC3=C2CC=C3)N1C.CC(C)=C1SC2=C(CC3=CCC=C32)N1C.F.F.F.F.F.F.[B].[B].[B].[B].[B].[B]. The van der Waals surface area contributed by atoms with Crippen LogP contribution in [0.1, 0.15) is 243 Å². The predicted octanol–water partition coefficient (Wildman–Crippen LogP) is 27.5. The third kappa shape index (κ3) is 24.0. The van der Waals surface area contributed by atoms with E-state index in [1.807, 2.05) is 154 Å². The average Bonchev–Trinajstić information content (AvgIpc) is 1.65. The van der Waals surface area contributed by atoms with E-state index in [0.29, 0.717) is 0 Å². The molecule has 24 heteroatoms. The molecule has 0 spiro atoms. The van der Waals surface area contributed by atoms with E-state index in [0.717, 1.165) is 70.6 Å². The van der Waals surface area contributed by atoms with Crippen molar-refractivity contribution in [3.05, 3.63) is 267 Å². The zero-order valence-corrected chi connectivity index (χ0v) is 79.4. The molecule has 0 atom stereocenters. The van der Waals surface area contributed by atoms with E-state index >= 15 is 0 Å². The van der Waals surface area contributed by atoms with E-state index in [-0.39, 0.29) is 78.7 Å². The molecule has 0 amide bonds. The molecule has 6 nitrogen and oxygen atoms in total. The lowest BCUT2D eigenvalue weighted by Gasteiger charge is -2.19. The second kappa shape index (κ2) is 53.9. The van der Waals surface area contributed by atoms with Gasteiger partial charge in [-0.3, -0.25) is 28.2 Å². The van der Waals surface area contributed by atoms with Crippen molar-refractivity contribution in [2.75, 3.05) is 42.3 Å². The topological polar surface area (TPSA) is 19.4 Å². The molecule has 0 aromatic carbocycles. The Morgan fingerprint density at radius 3 is 0.974 bits per heavy atom. The maximum atomic E-state index is 2.38. The van der Waals surface area contributed by atoms with Crippen LogP contribution in [0.5, 0.6) is 0 Å². The van der Waals surface area contributed by atoms with Gasteiger partial charge in [0.1, 0.15) is 0 Å². The van der Waals surface area contributed by atoms with E-state index < -0.39 is 0 Å². The highest BCUT2D eigenvalue weighted by Gasteiger charge is 2.41. The zero-order chi connectivity index (χ0) is 75.5. The number of hydrogen-bond acceptors (Lipinski definition) is 12. The molecule has 18 aliphatic rings. The molecule has 18 radical (unpaired) electrons. The van der Waals surface area contributed by atoms with Crippen molar-refractivity contribution in [1.82, 2.24) is 29.4 Å². The highest BCUT2D eigenvalue weighted by Crippen LogP contribution is 2.60. The minimum Gasteiger partial charge on any atom is -0.341 e. The Morgan fingerprint density at radius 2 is 0.579 bits per heavy atom. The van der Waals surface area contributed by atoms with Crippen molar-refractivity contribution >= 4 is 121 Å². The van der Waals surface area contributed by atoms with Gasteiger partial charge in [0.15, 0.2) is 0 Å². The van der Waals surface area contributed by atoms with Crippen LogP contribution in [0.15, 0.2) is 267 Å². The summed E-state index contributed by atoms with van der Waals surface area (Å²) in [5.74, 6) is 0. The van der Waals surface area contributed by atoms with Crippen LogP contribution < -0.4 is 0 Å². The summed E-state index contributed by atoms with van der Waals surface area (Å²) in [5, 5.41) is 8.56. The number of likely N-dealkylation sites (N-methyl/N-ethyl adjacent to an activating group) is 3. The van der Waals surface area contributed by atoms with Crippen molar-refractivity contribution in [2.45, 2.75) is 243 Å². The Kier molecular flexibility index (Phi) is 56.5. The number of thioether (sulfide) groups is 6. The molecular formula is C90H132B6F6N6S6. The van der Waals surface area contributed by atoms with Crippen molar-refractivity contribution < 1.29 is 28.2 Å². The van der Waals surface area contributed by atoms with E-state index in [1.54, 1.807) is 64.9 Å². The van der Waals surface area contributed by atoms with Gasteiger partial charge in [0, 0.05) is 178 Å². The number of hydrogen-bond donors (Lipinski definition) is 0. The minimum atomic E-state index is 0. The number of fused-ring (bicyclic) bond motifs is 8. The largest absolute Gasteiger partial charge is 0.341 e. The monoisotopic (exact) mass is 1670 g/mol. The van der Waals surface area contributed by atoms with Gasteiger partial charge in [-0.25, -0.2) is 0 Å². The summed E-state index contributed by atoms with van der Waals surface area (Å²) < 4.78 is 0. The van der Waals surface area contributed by atoms with Gasteiger partial charge in [0.2, 0.25) is 0 Å². The Hall–Kier alpha value is -5.37. The Labute approximate surface area is 725 Å². The smallest absolute Gasteiger partial charge is 0.0782 e. The van der Waals surface area contributed by atoms with Crippen LogP contribution in [-0.2, 0) is 0 Å². The fraction of sp³-hybridized carbons (Fsp3) is 0.467. The molecular weight excluding hydrogens is 1540 g/mol. The van der Waals surface area contributed by atoms with Crippen LogP contribution in [0.25, 0.3) is 0 Å². The van der Waals surface area contributed by atoms with Crippen LogP contribution in [0.3, 0.4) is 0 Å². The summed E-state index contributed by atoms with van der Waals surface area (Å²) in [5.41, 5.74) is 36.1. The predicted molar refractivity (Wildman–Crippen MR) is 515 cm³/mol. The standard InChI is InChI=1S/6C13H15NS.6C2H6.6B.6FH/c3*1-8(2)13-14(3)12-10-6-4-5-9(10)7-11(12)15-13;3*1-8(2)13-14(3)11-7-9-5-4-6-10(9)12(11)15-13;6*1-2;;;;;;;;;;;;/h5-6H,4,7H2,1-3H3;2*4-5H,6-7H2,1-3H3;5-6H,4,7H2,1-3H3;4,6H,5,7H2,1-3H3;4-5H,6-7H2,1-3H3;6*1-2H3;;;;;;;6*1H. The molecule has 12 aliphatic carbocycles. The highest BCUT2D eigenvalue weighted by molar-refractivity contribution is 8.08. The van der Waals surface area contributed by atoms with Gasteiger partial charge in [0.25, 0.3) is 0 Å². The molecule has 18 rings (SSSR count). The van der Waals surface area contributed by atoms with Crippen molar-refractivity contribution in [3.63, 3.8) is 0 Å². The first-order chi connectivity index (χ1) is 49.1. The molecule has 0 fully saturated rings. The maximum Gasteiger partial charge on any atom is 0.0782 e. The second-order valence-electron chi connectivity index (χ2n) is 27.1. The van der Waals surface area contributed by atoms with Crippen molar-refractivity contribution in [1.29, 1.82) is 0 Å². The maximum absolute atomic E-state index is 2.38. The molecule has 114 heavy (non-hydrogen) atoms. The first-order valence-electron chi connectivity index (χ1n) is 38.4. The molecule has 0 aromatic rings. The molecule has 0 saturated heterocycles. The van der Waals surface area contributed by atoms with E-state index in [2.05, 4.69) is 228 Å². The van der Waals surface area contributed by atoms with E-state index in [4.69, 9.17) is 0 Å². The van der Waals surface area contributed by atoms with Crippen molar-refractivity contribution in [3.8, 4) is 0 Å². The molecule has 0 aromatic heterocycles. The van der Waals surface area contributed by atoms with Crippen LogP contribution in [-0.4, -0.2) is 122 Å². The van der Waals surface area contributed by atoms with E-state index in [9.17, 15) is 0 Å². The molecule has 0 bridgehead atoms. The lowest BCUT2D eigenvalue weighted by atomic mass is 10.1. The van der Waals surface area contributed by atoms with Gasteiger partial charge < -0.3 is 29.4 Å². The summed E-state index contributed by atoms with van der Waals surface area (Å²) >= 11 is 11.7. The molecule has 618 valence electrons. The summed E-state index contributed by atoms with van der Waals surface area (Å²) in [7, 11) is 13.2. The van der Waals surface area contributed by atoms with Crippen LogP contribution in [0.2, 0.25) is 0 Å². The second-order valence-corrected chi connectivity index (χ2v) is 33.4. The third-order valence-corrected chi connectivity index (χ3v) is 28.4. The van der Waals surface area contributed by atoms with Crippen molar-refractivity contribution in [2.24, 2.45) is 0 Å². The Morgan fingerprint density at radius 1 is 0.281 bits per heavy atom. The Balaban J connectivity index is -0.000000293. The van der Waals surface area contributed by atoms with Gasteiger partial charge >= 0.3 is 0 Å². The van der Waals surface area contributed by atoms with Gasteiger partial charge in [-0.15, -0.1) is 0 Å². The Bertz CT molecular complexity index is 4050. The van der Waals surface area contributed by atoms with Gasteiger partial charge in [-0.1, -0.05) is 232 Å². The fourth-order valence-corrected chi connectivity index (χ4v) is 22.9. The molecule has 0 unspecified atom stereocenters. The first-order valence-corrected chi connectivity index (χ1v) is 43.3. The third-order valence-electron chi connectivity index (χ3n) is 19.4. The lowest BCUT2D eigenvalue weighted by Crippen LogP contribution is -2.12. The minimum absolute atomic E-state index is 0. The van der Waals surface area contributed by atoms with Crippen LogP contribution >= 0.6 is 70.6 Å². The van der Waals surface area contributed by atoms with E-state index in [1.165, 1.54) is 136 Å². The van der Waals surface area contributed by atoms with Crippen LogP contribution in [0, 0.1) is 0 Å². The highest BCUT2D eigenvalue weighted by atomic mass is 32.2. The summed E-state index contributed by atoms with van der Waals surface area (Å²) in [6.07, 6.45) is 41.6. The zero-order valence-electron chi connectivity index (χ0n) is 74.5. The first kappa shape index (κ1) is 119. The molecule has 0 N–H and O–H groups in total. The van der Waals surface area contributed by atoms with Gasteiger partial charge in [-0.2, -0.15) is 0 Å². The summed E-state index contributed by atoms with van der Waals surface area (Å²) in [6, 6.07) is 0. The summed E-state index contributed by atoms with van der Waals surface area (Å²) in [6.45, 7) is 50.4. The molecule has 6 aliphatic heterocycles. The van der Waals surface area contributed by atoms with Gasteiger partial charge in [-0.05, 0) is 216 Å². The number of halogens is 6. The molecule has 0 saturated carbocycles.